The molecule has 1 aliphatic rings. The van der Waals surface area contributed by atoms with Crippen LogP contribution < -0.4 is 10.6 Å². The number of aryl methyl sites for hydroxylation is 1. The first-order valence-corrected chi connectivity index (χ1v) is 12.7. The van der Waals surface area contributed by atoms with Crippen LogP contribution in [0.1, 0.15) is 34.7 Å². The molecular weight excluding hydrogens is 542 g/mol. The molecule has 1 fully saturated rings. The lowest BCUT2D eigenvalue weighted by atomic mass is 10.1. The molecule has 6 rings (SSSR count). The standard InChI is InChI=1S/C28H21ClF2N6O3/c1-15-34-25(36-40-15)24-23(29)20-13-18(30)4-7-21(20)37(24)19-5-2-16(3-6-19)14-33-27(39)28(9-10-28)35-26(38)17-8-11-32-22(31)12-17/h2-8,11-13H,9-10,14H2,1H3,(H,33,39)(H,35,38). The van der Waals surface area contributed by atoms with Crippen LogP contribution in [0.25, 0.3) is 28.1 Å². The average Bonchev–Trinajstić information content (AvgIpc) is 3.52. The van der Waals surface area contributed by atoms with E-state index in [1.54, 1.807) is 13.0 Å². The van der Waals surface area contributed by atoms with Crippen molar-refractivity contribution in [2.75, 3.05) is 0 Å². The normalized spacial score (nSPS) is 13.8. The Labute approximate surface area is 231 Å². The predicted molar refractivity (Wildman–Crippen MR) is 142 cm³/mol. The Kier molecular flexibility index (Phi) is 6.30. The predicted octanol–water partition coefficient (Wildman–Crippen LogP) is 4.89. The van der Waals surface area contributed by atoms with Crippen molar-refractivity contribution in [1.82, 2.24) is 30.3 Å². The van der Waals surface area contributed by atoms with Crippen LogP contribution in [-0.4, -0.2) is 37.0 Å². The largest absolute Gasteiger partial charge is 0.350 e. The molecule has 0 radical (unpaired) electrons. The molecule has 3 heterocycles. The van der Waals surface area contributed by atoms with Gasteiger partial charge < -0.3 is 19.7 Å². The van der Waals surface area contributed by atoms with Gasteiger partial charge in [-0.15, -0.1) is 0 Å². The Morgan fingerprint density at radius 2 is 1.88 bits per heavy atom. The van der Waals surface area contributed by atoms with Crippen LogP contribution in [0.15, 0.2) is 65.3 Å². The molecule has 202 valence electrons. The summed E-state index contributed by atoms with van der Waals surface area (Å²) in [6.07, 6.45) is 2.16. The van der Waals surface area contributed by atoms with Crippen LogP contribution >= 0.6 is 11.6 Å². The van der Waals surface area contributed by atoms with Gasteiger partial charge in [0, 0.05) is 42.4 Å². The summed E-state index contributed by atoms with van der Waals surface area (Å²) in [6, 6.07) is 14.1. The fourth-order valence-corrected chi connectivity index (χ4v) is 4.89. The Morgan fingerprint density at radius 3 is 2.55 bits per heavy atom. The van der Waals surface area contributed by atoms with E-state index in [1.807, 2.05) is 28.8 Å². The number of hydrogen-bond acceptors (Lipinski definition) is 6. The van der Waals surface area contributed by atoms with Crippen LogP contribution in [0.5, 0.6) is 0 Å². The molecule has 5 aromatic rings. The van der Waals surface area contributed by atoms with Gasteiger partial charge in [-0.2, -0.15) is 9.37 Å². The highest BCUT2D eigenvalue weighted by atomic mass is 35.5. The van der Waals surface area contributed by atoms with Crippen LogP contribution in [0.3, 0.4) is 0 Å². The van der Waals surface area contributed by atoms with Gasteiger partial charge in [0.05, 0.1) is 10.5 Å². The molecule has 40 heavy (non-hydrogen) atoms. The first-order valence-electron chi connectivity index (χ1n) is 12.4. The lowest BCUT2D eigenvalue weighted by Gasteiger charge is -2.17. The van der Waals surface area contributed by atoms with E-state index in [1.165, 1.54) is 24.4 Å². The number of carbonyl (C=O) groups excluding carboxylic acids is 2. The average molecular weight is 563 g/mol. The Balaban J connectivity index is 1.21. The summed E-state index contributed by atoms with van der Waals surface area (Å²) in [7, 11) is 0. The van der Waals surface area contributed by atoms with E-state index in [2.05, 4.69) is 25.8 Å². The first kappa shape index (κ1) is 25.6. The third kappa shape index (κ3) is 4.68. The monoisotopic (exact) mass is 562 g/mol. The van der Waals surface area contributed by atoms with Gasteiger partial charge in [0.2, 0.25) is 23.6 Å². The van der Waals surface area contributed by atoms with Gasteiger partial charge in [-0.05, 0) is 54.8 Å². The number of pyridine rings is 1. The van der Waals surface area contributed by atoms with Gasteiger partial charge in [-0.25, -0.2) is 9.37 Å². The number of hydrogen-bond donors (Lipinski definition) is 2. The zero-order chi connectivity index (χ0) is 28.0. The highest BCUT2D eigenvalue weighted by Gasteiger charge is 2.51. The number of halogens is 3. The van der Waals surface area contributed by atoms with Gasteiger partial charge in [0.15, 0.2) is 0 Å². The number of nitrogens with zero attached hydrogens (tertiary/aromatic N) is 4. The molecule has 3 aromatic heterocycles. The van der Waals surface area contributed by atoms with Crippen LogP contribution in [0.4, 0.5) is 8.78 Å². The lowest BCUT2D eigenvalue weighted by Crippen LogP contribution is -2.48. The van der Waals surface area contributed by atoms with Gasteiger partial charge in [0.1, 0.15) is 17.1 Å². The fraction of sp³-hybridized carbons (Fsp3) is 0.179. The molecule has 1 aliphatic carbocycles. The Morgan fingerprint density at radius 1 is 1.10 bits per heavy atom. The van der Waals surface area contributed by atoms with Gasteiger partial charge in [-0.1, -0.05) is 28.9 Å². The maximum Gasteiger partial charge on any atom is 0.252 e. The molecule has 9 nitrogen and oxygen atoms in total. The molecule has 0 aliphatic heterocycles. The van der Waals surface area contributed by atoms with Crippen molar-refractivity contribution < 1.29 is 22.9 Å². The van der Waals surface area contributed by atoms with E-state index in [0.717, 1.165) is 11.6 Å². The maximum absolute atomic E-state index is 14.0. The summed E-state index contributed by atoms with van der Waals surface area (Å²) in [5, 5.41) is 10.4. The van der Waals surface area contributed by atoms with Crippen molar-refractivity contribution >= 4 is 34.3 Å². The van der Waals surface area contributed by atoms with Crippen molar-refractivity contribution in [1.29, 1.82) is 0 Å². The smallest absolute Gasteiger partial charge is 0.252 e. The summed E-state index contributed by atoms with van der Waals surface area (Å²) >= 11 is 6.67. The Hall–Kier alpha value is -4.64. The maximum atomic E-state index is 14.0. The molecule has 2 amide bonds. The van der Waals surface area contributed by atoms with E-state index in [4.69, 9.17) is 16.1 Å². The van der Waals surface area contributed by atoms with Gasteiger partial charge >= 0.3 is 0 Å². The number of carbonyl (C=O) groups is 2. The fourth-order valence-electron chi connectivity index (χ4n) is 4.57. The lowest BCUT2D eigenvalue weighted by molar-refractivity contribution is -0.124. The minimum absolute atomic E-state index is 0.0953. The van der Waals surface area contributed by atoms with Crippen LogP contribution in [0, 0.1) is 18.7 Å². The van der Waals surface area contributed by atoms with Gasteiger partial charge in [-0.3, -0.25) is 9.59 Å². The first-order chi connectivity index (χ1) is 19.2. The molecule has 1 saturated carbocycles. The summed E-state index contributed by atoms with van der Waals surface area (Å²) in [5.41, 5.74) is 1.71. The number of benzene rings is 2. The number of nitrogens with one attached hydrogen (secondary N) is 2. The van der Waals surface area contributed by atoms with E-state index in [9.17, 15) is 18.4 Å². The third-order valence-corrected chi connectivity index (χ3v) is 7.16. The number of amides is 2. The number of rotatable bonds is 7. The topological polar surface area (TPSA) is 115 Å². The van der Waals surface area contributed by atoms with Crippen LogP contribution in [0.2, 0.25) is 5.02 Å². The van der Waals surface area contributed by atoms with Crippen molar-refractivity contribution in [3.05, 3.63) is 94.6 Å². The van der Waals surface area contributed by atoms with Crippen molar-refractivity contribution in [2.24, 2.45) is 0 Å². The Bertz CT molecular complexity index is 1780. The highest BCUT2D eigenvalue weighted by Crippen LogP contribution is 2.39. The molecule has 0 saturated heterocycles. The molecule has 2 aromatic carbocycles. The van der Waals surface area contributed by atoms with Crippen molar-refractivity contribution in [3.8, 4) is 17.2 Å². The highest BCUT2D eigenvalue weighted by molar-refractivity contribution is 6.38. The molecule has 2 N–H and O–H groups in total. The molecule has 0 atom stereocenters. The van der Waals surface area contributed by atoms with Crippen molar-refractivity contribution in [3.63, 3.8) is 0 Å². The SMILES string of the molecule is Cc1nc(-c2c(Cl)c3cc(F)ccc3n2-c2ccc(CNC(=O)C3(NC(=O)c4ccnc(F)c4)CC3)cc2)no1. The minimum atomic E-state index is -1.02. The zero-order valence-corrected chi connectivity index (χ0v) is 21.8. The summed E-state index contributed by atoms with van der Waals surface area (Å²) in [5.74, 6) is -1.43. The summed E-state index contributed by atoms with van der Waals surface area (Å²) in [4.78, 5) is 33.2. The molecule has 12 heteroatoms. The van der Waals surface area contributed by atoms with Gasteiger partial charge in [0.25, 0.3) is 5.91 Å². The molecule has 0 spiro atoms. The quantitative estimate of drug-likeness (QED) is 0.273. The number of aromatic nitrogens is 4. The molecule has 0 bridgehead atoms. The van der Waals surface area contributed by atoms with E-state index in [-0.39, 0.29) is 28.9 Å². The second kappa shape index (κ2) is 9.83. The second-order valence-electron chi connectivity index (χ2n) is 9.55. The second-order valence-corrected chi connectivity index (χ2v) is 9.93. The third-order valence-electron chi connectivity index (χ3n) is 6.78. The molecule has 0 unspecified atom stereocenters. The summed E-state index contributed by atoms with van der Waals surface area (Å²) in [6.45, 7) is 1.88. The molecular formula is C28H21ClF2N6O3. The minimum Gasteiger partial charge on any atom is -0.350 e. The van der Waals surface area contributed by atoms with E-state index < -0.39 is 23.2 Å². The van der Waals surface area contributed by atoms with Crippen molar-refractivity contribution in [2.45, 2.75) is 31.8 Å². The van der Waals surface area contributed by atoms with Crippen LogP contribution in [-0.2, 0) is 11.3 Å². The van der Waals surface area contributed by atoms with E-state index in [0.29, 0.717) is 41.0 Å². The number of fused-ring (bicyclic) bond motifs is 1. The van der Waals surface area contributed by atoms with E-state index >= 15 is 0 Å². The summed E-state index contributed by atoms with van der Waals surface area (Å²) < 4.78 is 34.4. The zero-order valence-electron chi connectivity index (χ0n) is 21.0.